The number of hydrogen-bond acceptors (Lipinski definition) is 5. The summed E-state index contributed by atoms with van der Waals surface area (Å²) in [6.07, 6.45) is 0.556. The van der Waals surface area contributed by atoms with Crippen LogP contribution in [0.1, 0.15) is 55.0 Å². The molecular weight excluding hydrogens is 466 g/mol. The molecule has 0 aromatic heterocycles. The zero-order valence-corrected chi connectivity index (χ0v) is 21.7. The summed E-state index contributed by atoms with van der Waals surface area (Å²) in [6.45, 7) is 6.87. The fourth-order valence-electron chi connectivity index (χ4n) is 4.72. The van der Waals surface area contributed by atoms with Crippen molar-refractivity contribution in [1.29, 1.82) is 0 Å². The summed E-state index contributed by atoms with van der Waals surface area (Å²) in [5.74, 6) is 0.174. The average Bonchev–Trinajstić information content (AvgIpc) is 3.17. The lowest BCUT2D eigenvalue weighted by Crippen LogP contribution is -2.31. The Morgan fingerprint density at radius 3 is 2.32 bits per heavy atom. The number of methoxy groups -OCH3 is 1. The first kappa shape index (κ1) is 26.0. The highest BCUT2D eigenvalue weighted by molar-refractivity contribution is 6.46. The van der Waals surface area contributed by atoms with E-state index in [1.54, 1.807) is 18.1 Å². The summed E-state index contributed by atoms with van der Waals surface area (Å²) in [5.41, 5.74) is 3.30. The molecule has 0 saturated carbocycles. The van der Waals surface area contributed by atoms with Crippen LogP contribution >= 0.6 is 0 Å². The molecule has 4 rings (SSSR count). The van der Waals surface area contributed by atoms with Crippen molar-refractivity contribution >= 4 is 17.4 Å². The van der Waals surface area contributed by atoms with Gasteiger partial charge in [0.25, 0.3) is 11.7 Å². The van der Waals surface area contributed by atoms with Crippen molar-refractivity contribution < 1.29 is 24.2 Å². The summed E-state index contributed by atoms with van der Waals surface area (Å²) in [6, 6.07) is 21.7. The van der Waals surface area contributed by atoms with Gasteiger partial charge in [-0.2, -0.15) is 0 Å². The lowest BCUT2D eigenvalue weighted by molar-refractivity contribution is -0.139. The van der Waals surface area contributed by atoms with Crippen molar-refractivity contribution in [2.45, 2.75) is 39.2 Å². The van der Waals surface area contributed by atoms with Crippen molar-refractivity contribution in [2.24, 2.45) is 0 Å². The number of amides is 1. The molecule has 0 bridgehead atoms. The number of likely N-dealkylation sites (tertiary alicyclic amines) is 1. The molecule has 6 nitrogen and oxygen atoms in total. The number of carbonyl (C=O) groups is 2. The second-order valence-electron chi connectivity index (χ2n) is 9.34. The molecule has 1 heterocycles. The van der Waals surface area contributed by atoms with Crippen LogP contribution in [0.5, 0.6) is 11.5 Å². The Balaban J connectivity index is 1.75. The average molecular weight is 500 g/mol. The number of benzene rings is 3. The van der Waals surface area contributed by atoms with Crippen LogP contribution in [0.25, 0.3) is 5.76 Å². The standard InChI is InChI=1S/C31H33NO5/c1-5-37-26-16-13-23(19-25(26)20(2)3)29(33)27-28(22-9-7-6-8-10-22)32(31(35)30(27)34)18-17-21-11-14-24(36-4)15-12-21/h6-16,19-20,28,33H,5,17-18H2,1-4H3/b29-27-. The van der Waals surface area contributed by atoms with Crippen LogP contribution in [-0.4, -0.2) is 42.0 Å². The molecule has 1 saturated heterocycles. The van der Waals surface area contributed by atoms with Crippen LogP contribution < -0.4 is 9.47 Å². The Morgan fingerprint density at radius 2 is 1.70 bits per heavy atom. The first-order valence-electron chi connectivity index (χ1n) is 12.6. The molecule has 3 aromatic carbocycles. The van der Waals surface area contributed by atoms with Crippen LogP contribution in [0.2, 0.25) is 0 Å². The van der Waals surface area contributed by atoms with E-state index < -0.39 is 17.7 Å². The van der Waals surface area contributed by atoms with E-state index in [0.29, 0.717) is 25.1 Å². The van der Waals surface area contributed by atoms with E-state index in [0.717, 1.165) is 28.2 Å². The number of rotatable bonds is 9. The van der Waals surface area contributed by atoms with Crippen LogP contribution in [0.15, 0.2) is 78.4 Å². The monoisotopic (exact) mass is 499 g/mol. The molecule has 0 radical (unpaired) electrons. The maximum absolute atomic E-state index is 13.3. The molecule has 1 aliphatic heterocycles. The minimum Gasteiger partial charge on any atom is -0.507 e. The van der Waals surface area contributed by atoms with Crippen molar-refractivity contribution in [3.05, 3.63) is 101 Å². The van der Waals surface area contributed by atoms with Gasteiger partial charge >= 0.3 is 0 Å². The van der Waals surface area contributed by atoms with E-state index in [9.17, 15) is 14.7 Å². The van der Waals surface area contributed by atoms with Crippen LogP contribution in [0, 0.1) is 0 Å². The number of aliphatic hydroxyl groups excluding tert-OH is 1. The molecule has 1 atom stereocenters. The molecule has 3 aromatic rings. The fraction of sp³-hybridized carbons (Fsp3) is 0.290. The van der Waals surface area contributed by atoms with Gasteiger partial charge in [0.05, 0.1) is 25.3 Å². The van der Waals surface area contributed by atoms with Crippen molar-refractivity contribution in [3.63, 3.8) is 0 Å². The van der Waals surface area contributed by atoms with Crippen molar-refractivity contribution in [2.75, 3.05) is 20.3 Å². The zero-order valence-electron chi connectivity index (χ0n) is 21.7. The van der Waals surface area contributed by atoms with E-state index in [2.05, 4.69) is 0 Å². The quantitative estimate of drug-likeness (QED) is 0.226. The maximum atomic E-state index is 13.3. The summed E-state index contributed by atoms with van der Waals surface area (Å²) >= 11 is 0. The Labute approximate surface area is 218 Å². The smallest absolute Gasteiger partial charge is 0.295 e. The van der Waals surface area contributed by atoms with Gasteiger partial charge in [-0.25, -0.2) is 0 Å². The van der Waals surface area contributed by atoms with Gasteiger partial charge in [-0.1, -0.05) is 56.3 Å². The summed E-state index contributed by atoms with van der Waals surface area (Å²) in [7, 11) is 1.61. The normalized spacial score (nSPS) is 16.9. The van der Waals surface area contributed by atoms with E-state index in [1.807, 2.05) is 87.5 Å². The molecule has 1 N–H and O–H groups in total. The topological polar surface area (TPSA) is 76.1 Å². The third-order valence-electron chi connectivity index (χ3n) is 6.66. The highest BCUT2D eigenvalue weighted by Gasteiger charge is 2.45. The van der Waals surface area contributed by atoms with Gasteiger partial charge in [-0.3, -0.25) is 9.59 Å². The highest BCUT2D eigenvalue weighted by atomic mass is 16.5. The van der Waals surface area contributed by atoms with Gasteiger partial charge in [-0.15, -0.1) is 0 Å². The highest BCUT2D eigenvalue weighted by Crippen LogP contribution is 2.40. The van der Waals surface area contributed by atoms with E-state index in [4.69, 9.17) is 9.47 Å². The van der Waals surface area contributed by atoms with Crippen LogP contribution in [0.3, 0.4) is 0 Å². The molecule has 1 fully saturated rings. The maximum Gasteiger partial charge on any atom is 0.295 e. The number of aliphatic hydroxyl groups is 1. The van der Waals surface area contributed by atoms with Crippen LogP contribution in [0.4, 0.5) is 0 Å². The Morgan fingerprint density at radius 1 is 1.00 bits per heavy atom. The summed E-state index contributed by atoms with van der Waals surface area (Å²) in [5, 5.41) is 11.5. The van der Waals surface area contributed by atoms with Crippen molar-refractivity contribution in [1.82, 2.24) is 4.90 Å². The largest absolute Gasteiger partial charge is 0.507 e. The van der Waals surface area contributed by atoms with Crippen molar-refractivity contribution in [3.8, 4) is 11.5 Å². The van der Waals surface area contributed by atoms with E-state index >= 15 is 0 Å². The molecule has 6 heteroatoms. The fourth-order valence-corrected chi connectivity index (χ4v) is 4.72. The lowest BCUT2D eigenvalue weighted by atomic mass is 9.93. The lowest BCUT2D eigenvalue weighted by Gasteiger charge is -2.25. The molecule has 0 aliphatic carbocycles. The first-order valence-corrected chi connectivity index (χ1v) is 12.6. The van der Waals surface area contributed by atoms with E-state index in [1.165, 1.54) is 0 Å². The summed E-state index contributed by atoms with van der Waals surface area (Å²) in [4.78, 5) is 28.2. The first-order chi connectivity index (χ1) is 17.8. The molecule has 192 valence electrons. The number of hydrogen-bond donors (Lipinski definition) is 1. The molecular formula is C31H33NO5. The second-order valence-corrected chi connectivity index (χ2v) is 9.34. The zero-order chi connectivity index (χ0) is 26.5. The van der Waals surface area contributed by atoms with E-state index in [-0.39, 0.29) is 17.3 Å². The number of carbonyl (C=O) groups excluding carboxylic acids is 2. The predicted octanol–water partition coefficient (Wildman–Crippen LogP) is 5.88. The molecule has 0 spiro atoms. The SMILES string of the molecule is CCOc1ccc(/C(O)=C2/C(=O)C(=O)N(CCc3ccc(OC)cc3)C2c2ccccc2)cc1C(C)C. The third-order valence-corrected chi connectivity index (χ3v) is 6.66. The predicted molar refractivity (Wildman–Crippen MR) is 144 cm³/mol. The van der Waals surface area contributed by atoms with Crippen LogP contribution in [-0.2, 0) is 16.0 Å². The van der Waals surface area contributed by atoms with Gasteiger partial charge in [0.15, 0.2) is 0 Å². The Hall–Kier alpha value is -4.06. The Kier molecular flexibility index (Phi) is 7.97. The van der Waals surface area contributed by atoms with Gasteiger partial charge < -0.3 is 19.5 Å². The third kappa shape index (κ3) is 5.38. The molecule has 37 heavy (non-hydrogen) atoms. The molecule has 1 amide bonds. The van der Waals surface area contributed by atoms with Gasteiger partial charge in [-0.05, 0) is 66.3 Å². The van der Waals surface area contributed by atoms with Gasteiger partial charge in [0, 0.05) is 12.1 Å². The van der Waals surface area contributed by atoms with Gasteiger partial charge in [0.2, 0.25) is 0 Å². The molecule has 1 aliphatic rings. The second kappa shape index (κ2) is 11.3. The molecule has 1 unspecified atom stereocenters. The number of nitrogens with zero attached hydrogens (tertiary/aromatic N) is 1. The minimum absolute atomic E-state index is 0.102. The number of ketones is 1. The van der Waals surface area contributed by atoms with Gasteiger partial charge in [0.1, 0.15) is 17.3 Å². The Bertz CT molecular complexity index is 1290. The summed E-state index contributed by atoms with van der Waals surface area (Å²) < 4.78 is 11.0. The number of ether oxygens (including phenoxy) is 2. The number of Topliss-reactive ketones (excluding diaryl/α,β-unsaturated/α-hetero) is 1. The minimum atomic E-state index is -0.687.